The molecule has 0 radical (unpaired) electrons. The summed E-state index contributed by atoms with van der Waals surface area (Å²) in [5.41, 5.74) is 0. The van der Waals surface area contributed by atoms with Gasteiger partial charge in [-0.3, -0.25) is 14.5 Å². The number of hydrogen-bond donors (Lipinski definition) is 1. The predicted molar refractivity (Wildman–Crippen MR) is 76.7 cm³/mol. The molecule has 1 atom stereocenters. The molecule has 1 rings (SSSR count). The first-order valence-corrected chi connectivity index (χ1v) is 7.70. The molecule has 18 heavy (non-hydrogen) atoms. The number of carbonyl (C=O) groups excluding carboxylic acids is 2. The van der Waals surface area contributed by atoms with Gasteiger partial charge in [-0.1, -0.05) is 51.9 Å². The Kier molecular flexibility index (Phi) is 7.40. The number of rotatable bonds is 9. The van der Waals surface area contributed by atoms with Gasteiger partial charge in [0.2, 0.25) is 11.8 Å². The molecule has 3 nitrogen and oxygen atoms in total. The van der Waals surface area contributed by atoms with Crippen LogP contribution < -0.4 is 0 Å². The lowest BCUT2D eigenvalue weighted by molar-refractivity contribution is -0.138. The molecule has 0 saturated carbocycles. The fourth-order valence-electron chi connectivity index (χ4n) is 2.30. The third-order valence-electron chi connectivity index (χ3n) is 3.46. The molecule has 0 N–H and O–H groups in total. The van der Waals surface area contributed by atoms with Gasteiger partial charge in [0.25, 0.3) is 0 Å². The third-order valence-corrected chi connectivity index (χ3v) is 3.86. The van der Waals surface area contributed by atoms with Gasteiger partial charge < -0.3 is 0 Å². The quantitative estimate of drug-likeness (QED) is 0.397. The number of imide groups is 1. The summed E-state index contributed by atoms with van der Waals surface area (Å²) in [7, 11) is 0. The number of likely N-dealkylation sites (tertiary alicyclic amines) is 1. The van der Waals surface area contributed by atoms with E-state index >= 15 is 0 Å². The number of carbonyl (C=O) groups is 2. The number of hydrogen-bond acceptors (Lipinski definition) is 3. The highest BCUT2D eigenvalue weighted by Gasteiger charge is 2.35. The summed E-state index contributed by atoms with van der Waals surface area (Å²) in [5.74, 6) is -0.158. The first-order chi connectivity index (χ1) is 8.66. The number of amides is 2. The lowest BCUT2D eigenvalue weighted by Crippen LogP contribution is -2.31. The normalized spacial score (nSPS) is 19.9. The molecule has 1 saturated heterocycles. The molecule has 0 bridgehead atoms. The molecule has 0 aromatic carbocycles. The second kappa shape index (κ2) is 8.57. The molecule has 1 aliphatic rings. The van der Waals surface area contributed by atoms with Crippen LogP contribution in [0.5, 0.6) is 0 Å². The SMILES string of the molecule is CCCCCCCCCCN1C(=O)CC(S)C1=O. The van der Waals surface area contributed by atoms with Gasteiger partial charge in [0.1, 0.15) is 0 Å². The minimum Gasteiger partial charge on any atom is -0.282 e. The zero-order chi connectivity index (χ0) is 13.4. The smallest absolute Gasteiger partial charge is 0.242 e. The van der Waals surface area contributed by atoms with Gasteiger partial charge in [-0.2, -0.15) is 12.6 Å². The van der Waals surface area contributed by atoms with Crippen molar-refractivity contribution < 1.29 is 9.59 Å². The molecular formula is C14H25NO2S. The van der Waals surface area contributed by atoms with E-state index in [0.29, 0.717) is 6.54 Å². The van der Waals surface area contributed by atoms with Gasteiger partial charge in [0.15, 0.2) is 0 Å². The summed E-state index contributed by atoms with van der Waals surface area (Å²) >= 11 is 4.10. The lowest BCUT2D eigenvalue weighted by Gasteiger charge is -2.13. The van der Waals surface area contributed by atoms with Crippen molar-refractivity contribution in [2.24, 2.45) is 0 Å². The van der Waals surface area contributed by atoms with Gasteiger partial charge in [-0.25, -0.2) is 0 Å². The monoisotopic (exact) mass is 271 g/mol. The van der Waals surface area contributed by atoms with Crippen LogP contribution in [0.15, 0.2) is 0 Å². The Morgan fingerprint density at radius 2 is 1.61 bits per heavy atom. The van der Waals surface area contributed by atoms with Crippen molar-refractivity contribution in [3.05, 3.63) is 0 Å². The maximum absolute atomic E-state index is 11.6. The van der Waals surface area contributed by atoms with E-state index in [9.17, 15) is 9.59 Å². The first kappa shape index (κ1) is 15.5. The highest BCUT2D eigenvalue weighted by molar-refractivity contribution is 7.81. The number of nitrogens with zero attached hydrogens (tertiary/aromatic N) is 1. The van der Waals surface area contributed by atoms with Crippen molar-refractivity contribution in [2.75, 3.05) is 6.54 Å². The minimum atomic E-state index is -0.397. The van der Waals surface area contributed by atoms with Crippen molar-refractivity contribution in [3.63, 3.8) is 0 Å². The molecule has 0 spiro atoms. The van der Waals surface area contributed by atoms with Crippen LogP contribution in [0.4, 0.5) is 0 Å². The van der Waals surface area contributed by atoms with Crippen LogP contribution >= 0.6 is 12.6 Å². The van der Waals surface area contributed by atoms with E-state index < -0.39 is 5.25 Å². The molecule has 4 heteroatoms. The van der Waals surface area contributed by atoms with E-state index in [1.54, 1.807) is 0 Å². The minimum absolute atomic E-state index is 0.0528. The standard InChI is InChI=1S/C14H25NO2S/c1-2-3-4-5-6-7-8-9-10-15-13(16)11-12(18)14(15)17/h12,18H,2-11H2,1H3. The summed E-state index contributed by atoms with van der Waals surface area (Å²) in [6.45, 7) is 2.81. The van der Waals surface area contributed by atoms with Crippen LogP contribution in [0.25, 0.3) is 0 Å². The van der Waals surface area contributed by atoms with E-state index in [1.165, 1.54) is 43.4 Å². The van der Waals surface area contributed by atoms with Crippen molar-refractivity contribution in [3.8, 4) is 0 Å². The largest absolute Gasteiger partial charge is 0.282 e. The Hall–Kier alpha value is -0.510. The molecule has 0 aromatic heterocycles. The zero-order valence-corrected chi connectivity index (χ0v) is 12.3. The fraction of sp³-hybridized carbons (Fsp3) is 0.857. The molecule has 1 unspecified atom stereocenters. The second-order valence-corrected chi connectivity index (χ2v) is 5.70. The van der Waals surface area contributed by atoms with Gasteiger partial charge in [-0.15, -0.1) is 0 Å². The van der Waals surface area contributed by atoms with Crippen LogP contribution in [0, 0.1) is 0 Å². The highest BCUT2D eigenvalue weighted by Crippen LogP contribution is 2.18. The Morgan fingerprint density at radius 1 is 1.06 bits per heavy atom. The van der Waals surface area contributed by atoms with Gasteiger partial charge in [0, 0.05) is 13.0 Å². The molecule has 1 fully saturated rings. The van der Waals surface area contributed by atoms with Crippen molar-refractivity contribution in [2.45, 2.75) is 70.0 Å². The third kappa shape index (κ3) is 5.01. The summed E-state index contributed by atoms with van der Waals surface area (Å²) in [6, 6.07) is 0. The fourth-order valence-corrected chi connectivity index (χ4v) is 2.60. The molecule has 0 aliphatic carbocycles. The Balaban J connectivity index is 2.01. The van der Waals surface area contributed by atoms with Crippen LogP contribution in [0.3, 0.4) is 0 Å². The Morgan fingerprint density at radius 3 is 2.11 bits per heavy atom. The Labute approximate surface area is 116 Å². The van der Waals surface area contributed by atoms with E-state index in [0.717, 1.165) is 12.8 Å². The maximum Gasteiger partial charge on any atom is 0.242 e. The van der Waals surface area contributed by atoms with E-state index in [2.05, 4.69) is 19.6 Å². The second-order valence-electron chi connectivity index (χ2n) is 5.08. The van der Waals surface area contributed by atoms with Gasteiger partial charge in [0.05, 0.1) is 5.25 Å². The van der Waals surface area contributed by atoms with E-state index in [-0.39, 0.29) is 18.2 Å². The van der Waals surface area contributed by atoms with Crippen LogP contribution in [0.1, 0.15) is 64.7 Å². The van der Waals surface area contributed by atoms with Crippen molar-refractivity contribution >= 4 is 24.4 Å². The molecule has 1 heterocycles. The highest BCUT2D eigenvalue weighted by atomic mass is 32.1. The van der Waals surface area contributed by atoms with Gasteiger partial charge in [-0.05, 0) is 6.42 Å². The summed E-state index contributed by atoms with van der Waals surface area (Å²) < 4.78 is 0. The van der Waals surface area contributed by atoms with Crippen molar-refractivity contribution in [1.82, 2.24) is 4.90 Å². The maximum atomic E-state index is 11.6. The van der Waals surface area contributed by atoms with Crippen LogP contribution in [0.2, 0.25) is 0 Å². The number of thiol groups is 1. The van der Waals surface area contributed by atoms with Crippen LogP contribution in [-0.4, -0.2) is 28.5 Å². The van der Waals surface area contributed by atoms with Crippen molar-refractivity contribution in [1.29, 1.82) is 0 Å². The lowest BCUT2D eigenvalue weighted by atomic mass is 10.1. The average molecular weight is 271 g/mol. The van der Waals surface area contributed by atoms with E-state index in [1.807, 2.05) is 0 Å². The summed E-state index contributed by atoms with van der Waals surface area (Å²) in [6.07, 6.45) is 10.1. The predicted octanol–water partition coefficient (Wildman–Crippen LogP) is 3.18. The topological polar surface area (TPSA) is 37.4 Å². The van der Waals surface area contributed by atoms with E-state index in [4.69, 9.17) is 0 Å². The molecule has 2 amide bonds. The Bertz CT molecular complexity index is 281. The zero-order valence-electron chi connectivity index (χ0n) is 11.4. The summed E-state index contributed by atoms with van der Waals surface area (Å²) in [4.78, 5) is 24.5. The molecular weight excluding hydrogens is 246 g/mol. The van der Waals surface area contributed by atoms with Crippen LogP contribution in [-0.2, 0) is 9.59 Å². The molecule has 1 aliphatic heterocycles. The molecule has 104 valence electrons. The molecule has 0 aromatic rings. The first-order valence-electron chi connectivity index (χ1n) is 7.19. The summed E-state index contributed by atoms with van der Waals surface area (Å²) in [5, 5.41) is -0.397. The average Bonchev–Trinajstić information content (AvgIpc) is 2.58. The van der Waals surface area contributed by atoms with Gasteiger partial charge >= 0.3 is 0 Å². The number of unbranched alkanes of at least 4 members (excludes halogenated alkanes) is 7.